The molecule has 0 aliphatic rings. The van der Waals surface area contributed by atoms with Crippen molar-refractivity contribution in [2.75, 3.05) is 33.7 Å². The van der Waals surface area contributed by atoms with Crippen LogP contribution in [0.4, 0.5) is 0 Å². The van der Waals surface area contributed by atoms with E-state index in [2.05, 4.69) is 31.0 Å². The van der Waals surface area contributed by atoms with E-state index >= 15 is 0 Å². The number of likely N-dealkylation sites (N-methyl/N-ethyl adjacent to an activating group) is 1. The van der Waals surface area contributed by atoms with Gasteiger partial charge in [0.2, 0.25) is 0 Å². The number of benzene rings is 1. The number of rotatable bonds is 9. The Labute approximate surface area is 189 Å². The van der Waals surface area contributed by atoms with Gasteiger partial charge in [0.25, 0.3) is 5.91 Å². The van der Waals surface area contributed by atoms with Crippen LogP contribution in [0.5, 0.6) is 0 Å². The highest BCUT2D eigenvalue weighted by Crippen LogP contribution is 2.07. The fourth-order valence-electron chi connectivity index (χ4n) is 2.46. The van der Waals surface area contributed by atoms with Crippen molar-refractivity contribution in [2.45, 2.75) is 20.0 Å². The van der Waals surface area contributed by atoms with E-state index in [0.717, 1.165) is 24.5 Å². The van der Waals surface area contributed by atoms with Crippen molar-refractivity contribution in [3.8, 4) is 0 Å². The minimum Gasteiger partial charge on any atom is -0.357 e. The Kier molecular flexibility index (Phi) is 11.2. The second kappa shape index (κ2) is 13.1. The molecule has 0 fully saturated rings. The third-order valence-electron chi connectivity index (χ3n) is 4.02. The van der Waals surface area contributed by atoms with Crippen molar-refractivity contribution in [1.29, 1.82) is 0 Å². The Balaban J connectivity index is 0.00000420. The topological polar surface area (TPSA) is 99.5 Å². The van der Waals surface area contributed by atoms with Crippen molar-refractivity contribution in [3.63, 3.8) is 0 Å². The van der Waals surface area contributed by atoms with Gasteiger partial charge in [0.05, 0.1) is 13.1 Å². The van der Waals surface area contributed by atoms with Crippen LogP contribution in [0.3, 0.4) is 0 Å². The molecule has 2 rings (SSSR count). The Morgan fingerprint density at radius 3 is 2.69 bits per heavy atom. The molecule has 160 valence electrons. The Bertz CT molecular complexity index is 790. The number of guanidine groups is 1. The first-order valence-electron chi connectivity index (χ1n) is 9.36. The second-order valence-electron chi connectivity index (χ2n) is 6.61. The van der Waals surface area contributed by atoms with Crippen LogP contribution in [0.25, 0.3) is 0 Å². The number of hydrogen-bond donors (Lipinski definition) is 3. The maximum atomic E-state index is 12.3. The van der Waals surface area contributed by atoms with Crippen molar-refractivity contribution in [3.05, 3.63) is 47.5 Å². The number of carbonyl (C=O) groups is 1. The maximum absolute atomic E-state index is 12.3. The molecule has 10 heteroatoms. The zero-order valence-corrected chi connectivity index (χ0v) is 19.8. The molecule has 0 saturated heterocycles. The van der Waals surface area contributed by atoms with E-state index in [-0.39, 0.29) is 29.9 Å². The lowest BCUT2D eigenvalue weighted by atomic mass is 10.1. The van der Waals surface area contributed by atoms with Gasteiger partial charge in [-0.25, -0.2) is 9.98 Å². The number of aliphatic imine (C=N–C) groups is 1. The largest absolute Gasteiger partial charge is 0.357 e. The zero-order chi connectivity index (χ0) is 20.4. The lowest BCUT2D eigenvalue weighted by Crippen LogP contribution is -2.37. The highest BCUT2D eigenvalue weighted by atomic mass is 127. The summed E-state index contributed by atoms with van der Waals surface area (Å²) < 4.78 is 1.72. The Morgan fingerprint density at radius 1 is 1.24 bits per heavy atom. The first kappa shape index (κ1) is 24.8. The van der Waals surface area contributed by atoms with E-state index in [1.807, 2.05) is 57.2 Å². The molecular formula is C19H31IN8O. The van der Waals surface area contributed by atoms with Gasteiger partial charge >= 0.3 is 0 Å². The number of aromatic nitrogens is 3. The van der Waals surface area contributed by atoms with Crippen LogP contribution in [-0.4, -0.2) is 65.3 Å². The summed E-state index contributed by atoms with van der Waals surface area (Å²) in [5, 5.41) is 13.4. The molecule has 9 nitrogen and oxygen atoms in total. The fraction of sp³-hybridized carbons (Fsp3) is 0.474. The van der Waals surface area contributed by atoms with Gasteiger partial charge in [-0.05, 0) is 38.7 Å². The summed E-state index contributed by atoms with van der Waals surface area (Å²) in [5.41, 5.74) is 1.61. The monoisotopic (exact) mass is 514 g/mol. The fourth-order valence-corrected chi connectivity index (χ4v) is 2.46. The van der Waals surface area contributed by atoms with Crippen LogP contribution < -0.4 is 16.0 Å². The lowest BCUT2D eigenvalue weighted by Gasteiger charge is -2.12. The van der Waals surface area contributed by atoms with E-state index in [1.165, 1.54) is 6.33 Å². The summed E-state index contributed by atoms with van der Waals surface area (Å²) >= 11 is 0. The van der Waals surface area contributed by atoms with E-state index < -0.39 is 0 Å². The highest BCUT2D eigenvalue weighted by molar-refractivity contribution is 14.0. The van der Waals surface area contributed by atoms with Gasteiger partial charge in [0, 0.05) is 32.2 Å². The van der Waals surface area contributed by atoms with Crippen LogP contribution in [0.15, 0.2) is 35.6 Å². The van der Waals surface area contributed by atoms with Crippen LogP contribution in [-0.2, 0) is 20.1 Å². The normalized spacial score (nSPS) is 11.1. The number of nitrogens with zero attached hydrogens (tertiary/aromatic N) is 5. The van der Waals surface area contributed by atoms with Gasteiger partial charge in [0.15, 0.2) is 5.96 Å². The molecule has 29 heavy (non-hydrogen) atoms. The molecule has 1 aromatic carbocycles. The molecule has 1 amide bonds. The van der Waals surface area contributed by atoms with Crippen LogP contribution in [0.2, 0.25) is 0 Å². The molecule has 0 unspecified atom stereocenters. The average Bonchev–Trinajstić information content (AvgIpc) is 3.08. The predicted octanol–water partition coefficient (Wildman–Crippen LogP) is 0.980. The van der Waals surface area contributed by atoms with Crippen molar-refractivity contribution >= 4 is 35.8 Å². The van der Waals surface area contributed by atoms with E-state index in [4.69, 9.17) is 0 Å². The minimum atomic E-state index is -0.0695. The molecule has 1 heterocycles. The zero-order valence-electron chi connectivity index (χ0n) is 17.5. The first-order chi connectivity index (χ1) is 13.5. The summed E-state index contributed by atoms with van der Waals surface area (Å²) in [7, 11) is 5.80. The Morgan fingerprint density at radius 2 is 2.03 bits per heavy atom. The molecule has 1 aromatic heterocycles. The number of halogens is 1. The van der Waals surface area contributed by atoms with Crippen LogP contribution >= 0.6 is 24.0 Å². The highest BCUT2D eigenvalue weighted by Gasteiger charge is 2.07. The third-order valence-corrected chi connectivity index (χ3v) is 4.02. The van der Waals surface area contributed by atoms with Crippen molar-refractivity contribution < 1.29 is 4.79 Å². The van der Waals surface area contributed by atoms with Gasteiger partial charge in [-0.2, -0.15) is 5.10 Å². The van der Waals surface area contributed by atoms with Gasteiger partial charge < -0.3 is 20.9 Å². The molecule has 2 aromatic rings. The van der Waals surface area contributed by atoms with Crippen molar-refractivity contribution in [1.82, 2.24) is 35.6 Å². The predicted molar refractivity (Wildman–Crippen MR) is 125 cm³/mol. The summed E-state index contributed by atoms with van der Waals surface area (Å²) in [6, 6.07) is 7.54. The standard InChI is InChI=1S/C19H30N8O.HI/c1-5-20-19(23-13-17-24-14-25-27(17)4)22-12-15-7-6-8-16(11-15)18(28)21-9-10-26(2)3;/h6-8,11,14H,5,9-10,12-13H2,1-4H3,(H,21,28)(H2,20,22,23);1H. The summed E-state index contributed by atoms with van der Waals surface area (Å²) in [6.45, 7) is 5.17. The minimum absolute atomic E-state index is 0. The van der Waals surface area contributed by atoms with Gasteiger partial charge in [-0.3, -0.25) is 9.48 Å². The SMILES string of the molecule is CCNC(=NCc1cccc(C(=O)NCCN(C)C)c1)NCc1ncnn1C.I. The molecule has 0 saturated carbocycles. The molecule has 0 bridgehead atoms. The van der Waals surface area contributed by atoms with Gasteiger partial charge in [-0.1, -0.05) is 12.1 Å². The number of hydrogen-bond acceptors (Lipinski definition) is 5. The number of aryl methyl sites for hydroxylation is 1. The molecule has 0 atom stereocenters. The average molecular weight is 514 g/mol. The second-order valence-corrected chi connectivity index (χ2v) is 6.61. The summed E-state index contributed by atoms with van der Waals surface area (Å²) in [5.74, 6) is 1.44. The molecule has 0 aliphatic carbocycles. The molecule has 0 radical (unpaired) electrons. The smallest absolute Gasteiger partial charge is 0.251 e. The molecule has 0 spiro atoms. The maximum Gasteiger partial charge on any atom is 0.251 e. The molecule has 3 N–H and O–H groups in total. The Hall–Kier alpha value is -2.21. The van der Waals surface area contributed by atoms with E-state index in [0.29, 0.717) is 31.2 Å². The summed E-state index contributed by atoms with van der Waals surface area (Å²) in [6.07, 6.45) is 1.52. The number of nitrogens with one attached hydrogen (secondary N) is 3. The van der Waals surface area contributed by atoms with Crippen molar-refractivity contribution in [2.24, 2.45) is 12.0 Å². The lowest BCUT2D eigenvalue weighted by molar-refractivity contribution is 0.0951. The third kappa shape index (κ3) is 8.77. The van der Waals surface area contributed by atoms with Gasteiger partial charge in [0.1, 0.15) is 12.2 Å². The van der Waals surface area contributed by atoms with Gasteiger partial charge in [-0.15, -0.1) is 24.0 Å². The number of carbonyl (C=O) groups excluding carboxylic acids is 1. The van der Waals surface area contributed by atoms with E-state index in [1.54, 1.807) is 4.68 Å². The summed E-state index contributed by atoms with van der Waals surface area (Å²) in [4.78, 5) is 23.1. The van der Waals surface area contributed by atoms with Crippen LogP contribution in [0.1, 0.15) is 28.7 Å². The van der Waals surface area contributed by atoms with E-state index in [9.17, 15) is 4.79 Å². The quantitative estimate of drug-likeness (QED) is 0.262. The number of amides is 1. The molecule has 0 aliphatic heterocycles. The molecular weight excluding hydrogens is 483 g/mol. The first-order valence-corrected chi connectivity index (χ1v) is 9.36. The van der Waals surface area contributed by atoms with Crippen LogP contribution in [0, 0.1) is 0 Å².